The van der Waals surface area contributed by atoms with E-state index in [1.165, 1.54) is 4.88 Å². The number of fused-ring (bicyclic) bond motifs is 1. The molecule has 0 aliphatic carbocycles. The van der Waals surface area contributed by atoms with E-state index in [4.69, 9.17) is 14.6 Å². The average Bonchev–Trinajstić information content (AvgIpc) is 3.47. The summed E-state index contributed by atoms with van der Waals surface area (Å²) < 4.78 is 6.88. The van der Waals surface area contributed by atoms with Gasteiger partial charge in [-0.1, -0.05) is 11.2 Å². The molecule has 0 saturated carbocycles. The molecule has 4 aromatic heterocycles. The molecule has 0 unspecified atom stereocenters. The third-order valence-corrected chi connectivity index (χ3v) is 6.07. The van der Waals surface area contributed by atoms with Crippen LogP contribution in [0, 0.1) is 6.92 Å². The van der Waals surface area contributed by atoms with E-state index in [0.717, 1.165) is 29.9 Å². The minimum Gasteiger partial charge on any atom is -0.361 e. The second-order valence-electron chi connectivity index (χ2n) is 7.06. The molecule has 0 bridgehead atoms. The lowest BCUT2D eigenvalue weighted by atomic mass is 9.96. The van der Waals surface area contributed by atoms with Gasteiger partial charge in [0.15, 0.2) is 17.2 Å². The van der Waals surface area contributed by atoms with Crippen molar-refractivity contribution in [2.75, 3.05) is 13.1 Å². The molecule has 1 amide bonds. The monoisotopic (exact) mass is 393 g/mol. The Labute approximate surface area is 165 Å². The zero-order valence-electron chi connectivity index (χ0n) is 15.4. The van der Waals surface area contributed by atoms with E-state index in [1.54, 1.807) is 24.3 Å². The standard InChI is InChI=1S/C20H19N5O2S/c1-13-11-16(23-27-13)20(26)24-8-6-14(7-9-24)19-21-18-5-4-15(12-25(18)22-19)17-3-2-10-28-17/h2-5,10-12,14H,6-9H2,1H3. The van der Waals surface area contributed by atoms with Crippen LogP contribution in [0.3, 0.4) is 0 Å². The predicted molar refractivity (Wildman–Crippen MR) is 105 cm³/mol. The van der Waals surface area contributed by atoms with Crippen LogP contribution in [0.15, 0.2) is 46.4 Å². The summed E-state index contributed by atoms with van der Waals surface area (Å²) in [6, 6.07) is 9.93. The summed E-state index contributed by atoms with van der Waals surface area (Å²) in [6.07, 6.45) is 3.72. The number of aromatic nitrogens is 4. The molecule has 28 heavy (non-hydrogen) atoms. The zero-order valence-corrected chi connectivity index (χ0v) is 16.2. The molecule has 4 aromatic rings. The minimum absolute atomic E-state index is 0.0705. The summed E-state index contributed by atoms with van der Waals surface area (Å²) in [5.41, 5.74) is 2.37. The van der Waals surface area contributed by atoms with E-state index in [9.17, 15) is 4.79 Å². The number of aryl methyl sites for hydroxylation is 1. The molecular weight excluding hydrogens is 374 g/mol. The third kappa shape index (κ3) is 3.09. The third-order valence-electron chi connectivity index (χ3n) is 5.15. The van der Waals surface area contributed by atoms with E-state index in [1.807, 2.05) is 27.7 Å². The van der Waals surface area contributed by atoms with Gasteiger partial charge in [-0.2, -0.15) is 5.10 Å². The molecule has 142 valence electrons. The smallest absolute Gasteiger partial charge is 0.276 e. The van der Waals surface area contributed by atoms with E-state index < -0.39 is 0 Å². The summed E-state index contributed by atoms with van der Waals surface area (Å²) in [6.45, 7) is 3.13. The van der Waals surface area contributed by atoms with Gasteiger partial charge in [0.05, 0.1) is 0 Å². The van der Waals surface area contributed by atoms with Gasteiger partial charge in [0.25, 0.3) is 5.91 Å². The summed E-state index contributed by atoms with van der Waals surface area (Å²) >= 11 is 1.71. The Morgan fingerprint density at radius 1 is 1.25 bits per heavy atom. The van der Waals surface area contributed by atoms with Crippen molar-refractivity contribution in [2.24, 2.45) is 0 Å². The number of likely N-dealkylation sites (tertiary alicyclic amines) is 1. The fraction of sp³-hybridized carbons (Fsp3) is 0.300. The van der Waals surface area contributed by atoms with Gasteiger partial charge in [0.1, 0.15) is 5.76 Å². The SMILES string of the molecule is Cc1cc(C(=O)N2CCC(c3nc4ccc(-c5cccs5)cn4n3)CC2)no1. The molecule has 0 aromatic carbocycles. The Hall–Kier alpha value is -3.00. The Morgan fingerprint density at radius 2 is 2.11 bits per heavy atom. The molecule has 1 aliphatic rings. The minimum atomic E-state index is -0.0705. The normalized spacial score (nSPS) is 15.4. The van der Waals surface area contributed by atoms with Crippen LogP contribution < -0.4 is 0 Å². The highest BCUT2D eigenvalue weighted by Crippen LogP contribution is 2.28. The highest BCUT2D eigenvalue weighted by molar-refractivity contribution is 7.13. The van der Waals surface area contributed by atoms with Crippen molar-refractivity contribution in [3.05, 3.63) is 59.2 Å². The first-order valence-corrected chi connectivity index (χ1v) is 10.2. The first kappa shape index (κ1) is 17.1. The Kier molecular flexibility index (Phi) is 4.20. The van der Waals surface area contributed by atoms with Crippen molar-refractivity contribution in [3.8, 4) is 10.4 Å². The van der Waals surface area contributed by atoms with Gasteiger partial charge in [-0.05, 0) is 43.3 Å². The molecule has 5 heterocycles. The first-order valence-electron chi connectivity index (χ1n) is 9.30. The van der Waals surface area contributed by atoms with E-state index in [0.29, 0.717) is 24.5 Å². The average molecular weight is 393 g/mol. The van der Waals surface area contributed by atoms with Gasteiger partial charge in [0, 0.05) is 41.7 Å². The van der Waals surface area contributed by atoms with Crippen LogP contribution in [0.4, 0.5) is 0 Å². The highest BCUT2D eigenvalue weighted by atomic mass is 32.1. The Balaban J connectivity index is 1.31. The molecule has 8 heteroatoms. The first-order chi connectivity index (χ1) is 13.7. The quantitative estimate of drug-likeness (QED) is 0.529. The second-order valence-corrected chi connectivity index (χ2v) is 8.00. The number of amides is 1. The number of hydrogen-bond acceptors (Lipinski definition) is 6. The maximum atomic E-state index is 12.5. The van der Waals surface area contributed by atoms with Crippen molar-refractivity contribution in [1.29, 1.82) is 0 Å². The molecule has 0 spiro atoms. The summed E-state index contributed by atoms with van der Waals surface area (Å²) in [4.78, 5) is 20.3. The topological polar surface area (TPSA) is 76.5 Å². The van der Waals surface area contributed by atoms with Crippen LogP contribution in [0.25, 0.3) is 16.1 Å². The van der Waals surface area contributed by atoms with Crippen LogP contribution in [-0.2, 0) is 0 Å². The van der Waals surface area contributed by atoms with E-state index in [-0.39, 0.29) is 11.8 Å². The summed E-state index contributed by atoms with van der Waals surface area (Å²) in [5, 5.41) is 10.6. The predicted octanol–water partition coefficient (Wildman–Crippen LogP) is 3.77. The van der Waals surface area contributed by atoms with Gasteiger partial charge in [0.2, 0.25) is 0 Å². The van der Waals surface area contributed by atoms with Gasteiger partial charge in [-0.15, -0.1) is 11.3 Å². The molecule has 0 radical (unpaired) electrons. The number of piperidine rings is 1. The lowest BCUT2D eigenvalue weighted by Gasteiger charge is -2.30. The molecule has 5 rings (SSSR count). The number of carbonyl (C=O) groups excluding carboxylic acids is 1. The van der Waals surface area contributed by atoms with Crippen molar-refractivity contribution < 1.29 is 9.32 Å². The van der Waals surface area contributed by atoms with Gasteiger partial charge in [-0.25, -0.2) is 9.50 Å². The number of rotatable bonds is 3. The van der Waals surface area contributed by atoms with Crippen LogP contribution in [0.5, 0.6) is 0 Å². The molecule has 0 atom stereocenters. The Morgan fingerprint density at radius 3 is 2.82 bits per heavy atom. The van der Waals surface area contributed by atoms with Crippen LogP contribution in [0.1, 0.15) is 40.8 Å². The van der Waals surface area contributed by atoms with Gasteiger partial charge >= 0.3 is 0 Å². The molecule has 1 saturated heterocycles. The second kappa shape index (κ2) is 6.87. The van der Waals surface area contributed by atoms with Crippen LogP contribution in [0.2, 0.25) is 0 Å². The van der Waals surface area contributed by atoms with Crippen molar-refractivity contribution in [2.45, 2.75) is 25.7 Å². The van der Waals surface area contributed by atoms with Gasteiger partial charge < -0.3 is 9.42 Å². The molecule has 1 aliphatic heterocycles. The molecule has 0 N–H and O–H groups in total. The summed E-state index contributed by atoms with van der Waals surface area (Å²) in [5.74, 6) is 1.69. The van der Waals surface area contributed by atoms with Crippen LogP contribution in [-0.4, -0.2) is 43.7 Å². The van der Waals surface area contributed by atoms with E-state index >= 15 is 0 Å². The number of thiophene rings is 1. The van der Waals surface area contributed by atoms with Crippen LogP contribution >= 0.6 is 11.3 Å². The highest BCUT2D eigenvalue weighted by Gasteiger charge is 2.28. The van der Waals surface area contributed by atoms with E-state index in [2.05, 4.69) is 22.7 Å². The number of nitrogens with zero attached hydrogens (tertiary/aromatic N) is 5. The lowest BCUT2D eigenvalue weighted by molar-refractivity contribution is 0.0700. The van der Waals surface area contributed by atoms with Crippen molar-refractivity contribution in [1.82, 2.24) is 24.7 Å². The fourth-order valence-corrected chi connectivity index (χ4v) is 4.35. The zero-order chi connectivity index (χ0) is 19.1. The maximum Gasteiger partial charge on any atom is 0.276 e. The number of pyridine rings is 1. The molecular formula is C20H19N5O2S. The van der Waals surface area contributed by atoms with Gasteiger partial charge in [-0.3, -0.25) is 4.79 Å². The fourth-order valence-electron chi connectivity index (χ4n) is 3.63. The van der Waals surface area contributed by atoms with Crippen molar-refractivity contribution in [3.63, 3.8) is 0 Å². The molecule has 1 fully saturated rings. The summed E-state index contributed by atoms with van der Waals surface area (Å²) in [7, 11) is 0. The largest absolute Gasteiger partial charge is 0.361 e. The number of carbonyl (C=O) groups is 1. The Bertz CT molecular complexity index is 1120. The van der Waals surface area contributed by atoms with Crippen molar-refractivity contribution >= 4 is 22.9 Å². The maximum absolute atomic E-state index is 12.5. The number of hydrogen-bond donors (Lipinski definition) is 0. The molecule has 7 nitrogen and oxygen atoms in total. The lowest BCUT2D eigenvalue weighted by Crippen LogP contribution is -2.38.